The Morgan fingerprint density at radius 3 is 3.06 bits per heavy atom. The van der Waals surface area contributed by atoms with Crippen molar-refractivity contribution in [1.29, 1.82) is 0 Å². The van der Waals surface area contributed by atoms with E-state index in [9.17, 15) is 0 Å². The highest BCUT2D eigenvalue weighted by atomic mass is 16.5. The summed E-state index contributed by atoms with van der Waals surface area (Å²) in [5.74, 6) is 0.988. The number of hydrogen-bond donors (Lipinski definition) is 1. The van der Waals surface area contributed by atoms with Crippen molar-refractivity contribution in [3.63, 3.8) is 0 Å². The standard InChI is InChI=1S/C24H25N5O2/c1-15-21-5-7-29(24(21)27-14-26-15)19-2-3-20(10-19)31-23-9-17(18-11-28-30-13-18)8-16-4-6-25-12-22(16)23/h5,7-9,11,13-14,19-20,25H,2-4,6,10,12H2,1H3. The fourth-order valence-corrected chi connectivity index (χ4v) is 5.03. The molecule has 6 rings (SSSR count). The lowest BCUT2D eigenvalue weighted by Gasteiger charge is -2.24. The summed E-state index contributed by atoms with van der Waals surface area (Å²) >= 11 is 0. The van der Waals surface area contributed by atoms with Gasteiger partial charge in [-0.2, -0.15) is 0 Å². The molecule has 0 saturated heterocycles. The van der Waals surface area contributed by atoms with Gasteiger partial charge in [0.15, 0.2) is 0 Å². The van der Waals surface area contributed by atoms with Crippen molar-refractivity contribution < 1.29 is 9.26 Å². The van der Waals surface area contributed by atoms with Crippen LogP contribution in [0.3, 0.4) is 0 Å². The molecule has 1 N–H and O–H groups in total. The first-order valence-electron chi connectivity index (χ1n) is 11.0. The van der Waals surface area contributed by atoms with Crippen molar-refractivity contribution >= 4 is 11.0 Å². The molecule has 1 aliphatic heterocycles. The fraction of sp³-hybridized carbons (Fsp3) is 0.375. The van der Waals surface area contributed by atoms with Gasteiger partial charge in [-0.25, -0.2) is 9.97 Å². The van der Waals surface area contributed by atoms with Gasteiger partial charge in [0.1, 0.15) is 30.1 Å². The van der Waals surface area contributed by atoms with E-state index < -0.39 is 0 Å². The molecule has 4 aromatic rings. The van der Waals surface area contributed by atoms with Crippen LogP contribution in [0.1, 0.15) is 42.1 Å². The predicted molar refractivity (Wildman–Crippen MR) is 117 cm³/mol. The first-order chi connectivity index (χ1) is 15.3. The highest BCUT2D eigenvalue weighted by molar-refractivity contribution is 5.78. The molecular formula is C24H25N5O2. The van der Waals surface area contributed by atoms with Crippen molar-refractivity contribution in [3.8, 4) is 16.9 Å². The first kappa shape index (κ1) is 18.6. The number of ether oxygens (including phenoxy) is 1. The zero-order chi connectivity index (χ0) is 20.8. The second-order valence-electron chi connectivity index (χ2n) is 8.58. The summed E-state index contributed by atoms with van der Waals surface area (Å²) in [5.41, 5.74) is 6.78. The second kappa shape index (κ2) is 7.50. The molecule has 0 radical (unpaired) electrons. The van der Waals surface area contributed by atoms with Gasteiger partial charge in [0, 0.05) is 41.7 Å². The number of benzene rings is 1. The van der Waals surface area contributed by atoms with Gasteiger partial charge in [0.25, 0.3) is 0 Å². The SMILES string of the molecule is Cc1ncnc2c1ccn2C1CCC(Oc2cc(-c3cnoc3)cc3c2CNCC3)C1. The molecule has 4 heterocycles. The molecule has 31 heavy (non-hydrogen) atoms. The summed E-state index contributed by atoms with van der Waals surface area (Å²) in [6.07, 6.45) is 11.6. The molecule has 7 nitrogen and oxygen atoms in total. The van der Waals surface area contributed by atoms with Crippen LogP contribution in [-0.2, 0) is 13.0 Å². The van der Waals surface area contributed by atoms with Crippen LogP contribution in [0.25, 0.3) is 22.2 Å². The van der Waals surface area contributed by atoms with E-state index in [0.29, 0.717) is 6.04 Å². The molecule has 1 aliphatic carbocycles. The molecule has 2 unspecified atom stereocenters. The molecule has 0 amide bonds. The van der Waals surface area contributed by atoms with E-state index >= 15 is 0 Å². The lowest BCUT2D eigenvalue weighted by atomic mass is 9.95. The molecule has 3 aromatic heterocycles. The van der Waals surface area contributed by atoms with Crippen LogP contribution < -0.4 is 10.1 Å². The molecular weight excluding hydrogens is 390 g/mol. The summed E-state index contributed by atoms with van der Waals surface area (Å²) in [5, 5.41) is 8.49. The van der Waals surface area contributed by atoms with E-state index in [2.05, 4.69) is 49.4 Å². The van der Waals surface area contributed by atoms with E-state index in [1.54, 1.807) is 18.8 Å². The third kappa shape index (κ3) is 3.29. The number of aromatic nitrogens is 4. The minimum absolute atomic E-state index is 0.189. The molecule has 158 valence electrons. The number of fused-ring (bicyclic) bond motifs is 2. The molecule has 2 aliphatic rings. The van der Waals surface area contributed by atoms with Crippen molar-refractivity contribution in [1.82, 2.24) is 25.0 Å². The van der Waals surface area contributed by atoms with Crippen molar-refractivity contribution in [3.05, 3.63) is 60.0 Å². The molecule has 2 atom stereocenters. The predicted octanol–water partition coefficient (Wildman–Crippen LogP) is 4.21. The van der Waals surface area contributed by atoms with E-state index in [4.69, 9.17) is 9.26 Å². The first-order valence-corrected chi connectivity index (χ1v) is 11.0. The molecule has 1 saturated carbocycles. The maximum atomic E-state index is 6.64. The van der Waals surface area contributed by atoms with Crippen LogP contribution in [-0.4, -0.2) is 32.3 Å². The normalized spacial score (nSPS) is 20.8. The largest absolute Gasteiger partial charge is 0.490 e. The average molecular weight is 415 g/mol. The highest BCUT2D eigenvalue weighted by Crippen LogP contribution is 2.38. The summed E-state index contributed by atoms with van der Waals surface area (Å²) in [7, 11) is 0. The van der Waals surface area contributed by atoms with Gasteiger partial charge in [0.2, 0.25) is 0 Å². The van der Waals surface area contributed by atoms with Gasteiger partial charge >= 0.3 is 0 Å². The Morgan fingerprint density at radius 2 is 2.16 bits per heavy atom. The van der Waals surface area contributed by atoms with E-state index in [1.807, 2.05) is 6.92 Å². The maximum Gasteiger partial charge on any atom is 0.143 e. The van der Waals surface area contributed by atoms with Gasteiger partial charge in [-0.05, 0) is 56.0 Å². The zero-order valence-electron chi connectivity index (χ0n) is 17.5. The van der Waals surface area contributed by atoms with Gasteiger partial charge in [-0.1, -0.05) is 11.2 Å². The molecule has 7 heteroatoms. The third-order valence-electron chi connectivity index (χ3n) is 6.69. The van der Waals surface area contributed by atoms with E-state index in [1.165, 1.54) is 11.1 Å². The van der Waals surface area contributed by atoms with Gasteiger partial charge in [0.05, 0.1) is 11.9 Å². The molecule has 0 bridgehead atoms. The topological polar surface area (TPSA) is 78.0 Å². The highest BCUT2D eigenvalue weighted by Gasteiger charge is 2.30. The monoisotopic (exact) mass is 415 g/mol. The number of rotatable bonds is 4. The Bertz CT molecular complexity index is 1230. The summed E-state index contributed by atoms with van der Waals surface area (Å²) in [6.45, 7) is 3.88. The smallest absolute Gasteiger partial charge is 0.143 e. The number of aryl methyl sites for hydroxylation is 1. The number of nitrogens with one attached hydrogen (secondary N) is 1. The van der Waals surface area contributed by atoms with Crippen molar-refractivity contribution in [2.75, 3.05) is 6.54 Å². The Kier molecular flexibility index (Phi) is 4.49. The average Bonchev–Trinajstić information content (AvgIpc) is 3.55. The number of nitrogens with zero attached hydrogens (tertiary/aromatic N) is 4. The van der Waals surface area contributed by atoms with Crippen LogP contribution in [0.15, 0.2) is 47.7 Å². The molecule has 0 spiro atoms. The van der Waals surface area contributed by atoms with Crippen LogP contribution in [0.2, 0.25) is 0 Å². The van der Waals surface area contributed by atoms with Crippen LogP contribution in [0.5, 0.6) is 5.75 Å². The Labute approximate surface area is 180 Å². The van der Waals surface area contributed by atoms with Crippen LogP contribution in [0.4, 0.5) is 0 Å². The lowest BCUT2D eigenvalue weighted by molar-refractivity contribution is 0.202. The van der Waals surface area contributed by atoms with E-state index in [-0.39, 0.29) is 6.10 Å². The third-order valence-corrected chi connectivity index (χ3v) is 6.69. The number of hydrogen-bond acceptors (Lipinski definition) is 6. The quantitative estimate of drug-likeness (QED) is 0.538. The van der Waals surface area contributed by atoms with E-state index in [0.717, 1.165) is 72.4 Å². The van der Waals surface area contributed by atoms with Gasteiger partial charge < -0.3 is 19.1 Å². The van der Waals surface area contributed by atoms with Gasteiger partial charge in [-0.15, -0.1) is 0 Å². The summed E-state index contributed by atoms with van der Waals surface area (Å²) < 4.78 is 14.0. The minimum Gasteiger partial charge on any atom is -0.490 e. The van der Waals surface area contributed by atoms with Crippen LogP contribution in [0, 0.1) is 6.92 Å². The van der Waals surface area contributed by atoms with Crippen molar-refractivity contribution in [2.45, 2.75) is 51.3 Å². The Balaban J connectivity index is 1.27. The lowest BCUT2D eigenvalue weighted by Crippen LogP contribution is -2.25. The van der Waals surface area contributed by atoms with Crippen LogP contribution >= 0.6 is 0 Å². The Morgan fingerprint density at radius 1 is 1.19 bits per heavy atom. The maximum absolute atomic E-state index is 6.64. The molecule has 1 fully saturated rings. The second-order valence-corrected chi connectivity index (χ2v) is 8.58. The minimum atomic E-state index is 0.189. The summed E-state index contributed by atoms with van der Waals surface area (Å²) in [6, 6.07) is 6.92. The molecule has 1 aromatic carbocycles. The Hall–Kier alpha value is -3.19. The van der Waals surface area contributed by atoms with Gasteiger partial charge in [-0.3, -0.25) is 0 Å². The fourth-order valence-electron chi connectivity index (χ4n) is 5.03. The summed E-state index contributed by atoms with van der Waals surface area (Å²) in [4.78, 5) is 8.86. The van der Waals surface area contributed by atoms with Crippen molar-refractivity contribution in [2.24, 2.45) is 0 Å². The zero-order valence-corrected chi connectivity index (χ0v) is 17.5.